The summed E-state index contributed by atoms with van der Waals surface area (Å²) in [6, 6.07) is 8.79. The van der Waals surface area contributed by atoms with Crippen molar-refractivity contribution >= 4 is 11.7 Å². The molecule has 1 aliphatic carbocycles. The van der Waals surface area contributed by atoms with E-state index in [0.29, 0.717) is 23.8 Å². The highest BCUT2D eigenvalue weighted by Crippen LogP contribution is 2.27. The van der Waals surface area contributed by atoms with Crippen LogP contribution in [0, 0.1) is 19.8 Å². The summed E-state index contributed by atoms with van der Waals surface area (Å²) in [6.07, 6.45) is 4.61. The molecule has 1 saturated carbocycles. The van der Waals surface area contributed by atoms with E-state index in [-0.39, 0.29) is 23.3 Å². The summed E-state index contributed by atoms with van der Waals surface area (Å²) in [5.41, 5.74) is 1.89. The summed E-state index contributed by atoms with van der Waals surface area (Å²) in [5, 5.41) is 14.3. The molecule has 1 amide bonds. The van der Waals surface area contributed by atoms with Crippen LogP contribution in [-0.4, -0.2) is 38.4 Å². The number of aryl methyl sites for hydroxylation is 2. The third-order valence-corrected chi connectivity index (χ3v) is 5.22. The van der Waals surface area contributed by atoms with Gasteiger partial charge in [-0.25, -0.2) is 4.98 Å². The van der Waals surface area contributed by atoms with Crippen molar-refractivity contribution in [3.8, 4) is 5.69 Å². The summed E-state index contributed by atoms with van der Waals surface area (Å²) in [7, 11) is 0. The van der Waals surface area contributed by atoms with E-state index < -0.39 is 0 Å². The number of nitrogens with one attached hydrogen (secondary N) is 2. The molecule has 2 atom stereocenters. The van der Waals surface area contributed by atoms with Gasteiger partial charge in [0.2, 0.25) is 5.76 Å². The quantitative estimate of drug-likeness (QED) is 0.643. The van der Waals surface area contributed by atoms with Crippen molar-refractivity contribution in [3.05, 3.63) is 64.0 Å². The molecule has 0 aliphatic heterocycles. The van der Waals surface area contributed by atoms with E-state index in [1.54, 1.807) is 25.3 Å². The van der Waals surface area contributed by atoms with Gasteiger partial charge < -0.3 is 15.2 Å². The lowest BCUT2D eigenvalue weighted by Gasteiger charge is -2.15. The SMILES string of the molecule is Cc1cc(C(=O)NC[C@@H]2CC[C@H](Nc3ccc(-n4nc(C)ccc4=O)cn3)C2)on1. The predicted octanol–water partition coefficient (Wildman–Crippen LogP) is 2.24. The summed E-state index contributed by atoms with van der Waals surface area (Å²) < 4.78 is 6.33. The van der Waals surface area contributed by atoms with Crippen LogP contribution in [0.25, 0.3) is 5.69 Å². The first-order valence-corrected chi connectivity index (χ1v) is 9.99. The second-order valence-corrected chi connectivity index (χ2v) is 7.69. The van der Waals surface area contributed by atoms with Gasteiger partial charge in [-0.3, -0.25) is 9.59 Å². The minimum absolute atomic E-state index is 0.190. The fraction of sp³-hybridized carbons (Fsp3) is 0.381. The first kappa shape index (κ1) is 19.8. The van der Waals surface area contributed by atoms with Crippen molar-refractivity contribution in [2.75, 3.05) is 11.9 Å². The Kier molecular flexibility index (Phi) is 5.60. The van der Waals surface area contributed by atoms with Gasteiger partial charge >= 0.3 is 0 Å². The second kappa shape index (κ2) is 8.48. The van der Waals surface area contributed by atoms with Crippen LogP contribution >= 0.6 is 0 Å². The number of rotatable bonds is 6. The summed E-state index contributed by atoms with van der Waals surface area (Å²) in [6.45, 7) is 4.22. The average molecular weight is 408 g/mol. The molecule has 0 aromatic carbocycles. The van der Waals surface area contributed by atoms with Crippen LogP contribution in [-0.2, 0) is 0 Å². The van der Waals surface area contributed by atoms with Gasteiger partial charge in [0, 0.05) is 24.7 Å². The summed E-state index contributed by atoms with van der Waals surface area (Å²) in [4.78, 5) is 28.5. The monoisotopic (exact) mass is 408 g/mol. The van der Waals surface area contributed by atoms with Crippen LogP contribution in [0.4, 0.5) is 5.82 Å². The van der Waals surface area contributed by atoms with Gasteiger partial charge in [-0.1, -0.05) is 5.16 Å². The fourth-order valence-corrected chi connectivity index (χ4v) is 3.68. The van der Waals surface area contributed by atoms with E-state index in [1.165, 1.54) is 10.7 Å². The molecule has 2 N–H and O–H groups in total. The highest BCUT2D eigenvalue weighted by atomic mass is 16.5. The highest BCUT2D eigenvalue weighted by molar-refractivity contribution is 5.91. The predicted molar refractivity (Wildman–Crippen MR) is 111 cm³/mol. The Morgan fingerprint density at radius 1 is 1.20 bits per heavy atom. The van der Waals surface area contributed by atoms with Gasteiger partial charge in [0.15, 0.2) is 0 Å². The molecule has 3 aromatic rings. The maximum atomic E-state index is 12.1. The minimum atomic E-state index is -0.232. The molecule has 1 aliphatic rings. The van der Waals surface area contributed by atoms with Crippen molar-refractivity contribution < 1.29 is 9.32 Å². The molecule has 0 saturated heterocycles. The lowest BCUT2D eigenvalue weighted by atomic mass is 10.1. The lowest BCUT2D eigenvalue weighted by Crippen LogP contribution is -2.28. The van der Waals surface area contributed by atoms with E-state index in [1.807, 2.05) is 19.1 Å². The molecule has 0 radical (unpaired) electrons. The topological polar surface area (TPSA) is 115 Å². The molecule has 156 valence electrons. The molecule has 3 heterocycles. The molecule has 30 heavy (non-hydrogen) atoms. The smallest absolute Gasteiger partial charge is 0.289 e. The highest BCUT2D eigenvalue weighted by Gasteiger charge is 2.25. The first-order chi connectivity index (χ1) is 14.5. The van der Waals surface area contributed by atoms with Gasteiger partial charge in [0.05, 0.1) is 23.3 Å². The first-order valence-electron chi connectivity index (χ1n) is 9.99. The molecule has 0 bridgehead atoms. The van der Waals surface area contributed by atoms with E-state index in [2.05, 4.69) is 25.9 Å². The Bertz CT molecular complexity index is 1090. The molecule has 1 fully saturated rings. The summed E-state index contributed by atoms with van der Waals surface area (Å²) >= 11 is 0. The number of hydrogen-bond acceptors (Lipinski definition) is 7. The van der Waals surface area contributed by atoms with Gasteiger partial charge in [-0.15, -0.1) is 0 Å². The van der Waals surface area contributed by atoms with Crippen molar-refractivity contribution in [2.45, 2.75) is 39.2 Å². The molecule has 9 heteroatoms. The number of nitrogens with zero attached hydrogens (tertiary/aromatic N) is 4. The zero-order valence-corrected chi connectivity index (χ0v) is 17.0. The average Bonchev–Trinajstić information content (AvgIpc) is 3.37. The van der Waals surface area contributed by atoms with Crippen LogP contribution < -0.4 is 16.2 Å². The Morgan fingerprint density at radius 2 is 2.07 bits per heavy atom. The van der Waals surface area contributed by atoms with Gasteiger partial charge in [0.25, 0.3) is 11.5 Å². The zero-order chi connectivity index (χ0) is 21.1. The number of carbonyl (C=O) groups excluding carboxylic acids is 1. The molecule has 9 nitrogen and oxygen atoms in total. The van der Waals surface area contributed by atoms with E-state index in [4.69, 9.17) is 4.52 Å². The number of pyridine rings is 1. The molecule has 3 aromatic heterocycles. The largest absolute Gasteiger partial charge is 0.367 e. The van der Waals surface area contributed by atoms with Crippen molar-refractivity contribution in [1.82, 2.24) is 25.2 Å². The van der Waals surface area contributed by atoms with Crippen LogP contribution in [0.15, 0.2) is 45.8 Å². The number of aromatic nitrogens is 4. The summed E-state index contributed by atoms with van der Waals surface area (Å²) in [5.74, 6) is 1.16. The molecule has 0 spiro atoms. The Hall–Kier alpha value is -3.49. The third kappa shape index (κ3) is 4.56. The van der Waals surface area contributed by atoms with E-state index in [0.717, 1.165) is 30.8 Å². The van der Waals surface area contributed by atoms with Crippen LogP contribution in [0.2, 0.25) is 0 Å². The maximum Gasteiger partial charge on any atom is 0.289 e. The Morgan fingerprint density at radius 3 is 2.80 bits per heavy atom. The molecular weight excluding hydrogens is 384 g/mol. The van der Waals surface area contributed by atoms with Gasteiger partial charge in [0.1, 0.15) is 5.82 Å². The van der Waals surface area contributed by atoms with Crippen LogP contribution in [0.3, 0.4) is 0 Å². The van der Waals surface area contributed by atoms with Crippen molar-refractivity contribution in [2.24, 2.45) is 5.92 Å². The van der Waals surface area contributed by atoms with E-state index >= 15 is 0 Å². The van der Waals surface area contributed by atoms with Crippen molar-refractivity contribution in [1.29, 1.82) is 0 Å². The van der Waals surface area contributed by atoms with Crippen LogP contribution in [0.5, 0.6) is 0 Å². The normalized spacial score (nSPS) is 18.3. The van der Waals surface area contributed by atoms with Crippen LogP contribution in [0.1, 0.15) is 41.2 Å². The standard InChI is InChI=1S/C21H24N6O3/c1-13-3-8-20(28)27(25-13)17-6-7-19(22-12-17)24-16-5-4-15(10-16)11-23-21(29)18-9-14(2)26-30-18/h3,6-9,12,15-16H,4-5,10-11H2,1-2H3,(H,22,24)(H,23,29)/t15-,16+/m1/s1. The zero-order valence-electron chi connectivity index (χ0n) is 17.0. The number of carbonyl (C=O) groups is 1. The maximum absolute atomic E-state index is 12.1. The van der Waals surface area contributed by atoms with E-state index in [9.17, 15) is 9.59 Å². The Balaban J connectivity index is 1.29. The third-order valence-electron chi connectivity index (χ3n) is 5.22. The minimum Gasteiger partial charge on any atom is -0.367 e. The second-order valence-electron chi connectivity index (χ2n) is 7.69. The number of anilines is 1. The molecule has 4 rings (SSSR count). The molecule has 0 unspecified atom stereocenters. The van der Waals surface area contributed by atoms with Crippen molar-refractivity contribution in [3.63, 3.8) is 0 Å². The number of hydrogen-bond donors (Lipinski definition) is 2. The fourth-order valence-electron chi connectivity index (χ4n) is 3.68. The van der Waals surface area contributed by atoms with Gasteiger partial charge in [-0.2, -0.15) is 9.78 Å². The molecular formula is C21H24N6O3. The lowest BCUT2D eigenvalue weighted by molar-refractivity contribution is 0.0910. The number of amides is 1. The Labute approximate surface area is 173 Å². The van der Waals surface area contributed by atoms with Gasteiger partial charge in [-0.05, 0) is 57.2 Å².